The Balaban J connectivity index is 2.38. The Morgan fingerprint density at radius 2 is 1.67 bits per heavy atom. The van der Waals surface area contributed by atoms with Gasteiger partial charge in [0.05, 0.1) is 7.11 Å². The first-order valence-electron chi connectivity index (χ1n) is 8.26. The number of ketones is 1. The number of carbonyl (C=O) groups excluding carboxylic acids is 1. The second kappa shape index (κ2) is 9.97. The number of carbonyl (C=O) groups is 1. The zero-order chi connectivity index (χ0) is 19.6. The van der Waals surface area contributed by atoms with Crippen LogP contribution in [0.25, 0.3) is 6.08 Å². The molecule has 0 unspecified atom stereocenters. The standard InChI is InChI=1S/C22H21FO4/c1-4-12-26-18-14-20(25-3)22(21(15-18)27-13-5-2)19(24)11-8-16-6-9-17(23)10-7-16/h4-11,14-15H,1-2,12-13H2,3H3. The van der Waals surface area contributed by atoms with Gasteiger partial charge in [0.2, 0.25) is 0 Å². The second-order valence-electron chi connectivity index (χ2n) is 5.45. The van der Waals surface area contributed by atoms with E-state index in [4.69, 9.17) is 14.2 Å². The summed E-state index contributed by atoms with van der Waals surface area (Å²) in [6.07, 6.45) is 6.17. The van der Waals surface area contributed by atoms with E-state index in [2.05, 4.69) is 13.2 Å². The van der Waals surface area contributed by atoms with Gasteiger partial charge in [0.25, 0.3) is 0 Å². The molecule has 0 saturated carbocycles. The summed E-state index contributed by atoms with van der Waals surface area (Å²) in [6, 6.07) is 9.05. The molecule has 0 atom stereocenters. The van der Waals surface area contributed by atoms with Gasteiger partial charge in [-0.15, -0.1) is 0 Å². The van der Waals surface area contributed by atoms with Crippen LogP contribution in [0.2, 0.25) is 0 Å². The topological polar surface area (TPSA) is 44.8 Å². The molecule has 27 heavy (non-hydrogen) atoms. The van der Waals surface area contributed by atoms with Crippen LogP contribution < -0.4 is 14.2 Å². The number of halogens is 1. The van der Waals surface area contributed by atoms with Crippen molar-refractivity contribution < 1.29 is 23.4 Å². The first kappa shape index (κ1) is 20.0. The molecular formula is C22H21FO4. The van der Waals surface area contributed by atoms with E-state index in [0.29, 0.717) is 29.4 Å². The molecule has 0 aliphatic rings. The maximum absolute atomic E-state index is 13.0. The number of hydrogen-bond acceptors (Lipinski definition) is 4. The summed E-state index contributed by atoms with van der Waals surface area (Å²) in [5.41, 5.74) is 0.965. The van der Waals surface area contributed by atoms with E-state index in [1.807, 2.05) is 0 Å². The van der Waals surface area contributed by atoms with Crippen LogP contribution in [-0.4, -0.2) is 26.1 Å². The molecule has 4 nitrogen and oxygen atoms in total. The van der Waals surface area contributed by atoms with Crippen molar-refractivity contribution >= 4 is 11.9 Å². The van der Waals surface area contributed by atoms with Crippen molar-refractivity contribution in [1.29, 1.82) is 0 Å². The first-order valence-corrected chi connectivity index (χ1v) is 8.26. The lowest BCUT2D eigenvalue weighted by Crippen LogP contribution is -2.06. The largest absolute Gasteiger partial charge is 0.496 e. The molecule has 0 saturated heterocycles. The van der Waals surface area contributed by atoms with Crippen LogP contribution in [0.3, 0.4) is 0 Å². The summed E-state index contributed by atoms with van der Waals surface area (Å²) in [4.78, 5) is 12.8. The van der Waals surface area contributed by atoms with Crippen LogP contribution in [0, 0.1) is 5.82 Å². The van der Waals surface area contributed by atoms with Crippen LogP contribution in [0.5, 0.6) is 17.2 Å². The van der Waals surface area contributed by atoms with E-state index in [1.54, 1.807) is 42.5 Å². The molecule has 0 aliphatic heterocycles. The molecule has 0 bridgehead atoms. The fraction of sp³-hybridized carbons (Fsp3) is 0.136. The number of methoxy groups -OCH3 is 1. The van der Waals surface area contributed by atoms with Gasteiger partial charge >= 0.3 is 0 Å². The summed E-state index contributed by atoms with van der Waals surface area (Å²) in [6.45, 7) is 7.75. The van der Waals surface area contributed by atoms with Gasteiger partial charge in [-0.05, 0) is 23.8 Å². The molecule has 2 aromatic rings. The molecule has 0 fully saturated rings. The third kappa shape index (κ3) is 5.57. The maximum atomic E-state index is 13.0. The lowest BCUT2D eigenvalue weighted by atomic mass is 10.1. The summed E-state index contributed by atoms with van der Waals surface area (Å²) in [5.74, 6) is 0.484. The lowest BCUT2D eigenvalue weighted by Gasteiger charge is -2.15. The molecule has 140 valence electrons. The minimum absolute atomic E-state index is 0.218. The molecule has 0 aliphatic carbocycles. The predicted molar refractivity (Wildman–Crippen MR) is 104 cm³/mol. The second-order valence-corrected chi connectivity index (χ2v) is 5.45. The van der Waals surface area contributed by atoms with Crippen LogP contribution in [0.1, 0.15) is 15.9 Å². The quantitative estimate of drug-likeness (QED) is 0.341. The van der Waals surface area contributed by atoms with Crippen LogP contribution in [-0.2, 0) is 0 Å². The zero-order valence-electron chi connectivity index (χ0n) is 15.1. The maximum Gasteiger partial charge on any atom is 0.193 e. The van der Waals surface area contributed by atoms with Crippen molar-refractivity contribution in [3.63, 3.8) is 0 Å². The molecule has 0 heterocycles. The van der Waals surface area contributed by atoms with E-state index >= 15 is 0 Å². The highest BCUT2D eigenvalue weighted by atomic mass is 19.1. The SMILES string of the molecule is C=CCOc1cc(OC)c(C(=O)C=Cc2ccc(F)cc2)c(OCC=C)c1. The Bertz CT molecular complexity index is 838. The summed E-state index contributed by atoms with van der Waals surface area (Å²) in [7, 11) is 1.46. The molecule has 0 amide bonds. The molecule has 0 N–H and O–H groups in total. The van der Waals surface area contributed by atoms with Gasteiger partial charge in [-0.2, -0.15) is 0 Å². The molecule has 2 rings (SSSR count). The van der Waals surface area contributed by atoms with Gasteiger partial charge in [-0.1, -0.05) is 43.5 Å². The molecular weight excluding hydrogens is 347 g/mol. The third-order valence-corrected chi connectivity index (χ3v) is 3.53. The highest BCUT2D eigenvalue weighted by Gasteiger charge is 2.19. The van der Waals surface area contributed by atoms with Gasteiger partial charge in [-0.3, -0.25) is 4.79 Å². The summed E-state index contributed by atoms with van der Waals surface area (Å²) < 4.78 is 29.5. The van der Waals surface area contributed by atoms with Crippen molar-refractivity contribution in [1.82, 2.24) is 0 Å². The number of benzene rings is 2. The van der Waals surface area contributed by atoms with Crippen molar-refractivity contribution in [3.05, 3.63) is 84.7 Å². The third-order valence-electron chi connectivity index (χ3n) is 3.53. The van der Waals surface area contributed by atoms with Crippen molar-refractivity contribution in [3.8, 4) is 17.2 Å². The number of rotatable bonds is 10. The molecule has 5 heteroatoms. The smallest absolute Gasteiger partial charge is 0.193 e. The average molecular weight is 368 g/mol. The Hall–Kier alpha value is -3.34. The number of hydrogen-bond donors (Lipinski definition) is 0. The van der Waals surface area contributed by atoms with Gasteiger partial charge in [0.15, 0.2) is 5.78 Å². The fourth-order valence-corrected chi connectivity index (χ4v) is 2.30. The highest BCUT2D eigenvalue weighted by molar-refractivity contribution is 6.10. The normalized spacial score (nSPS) is 10.4. The molecule has 2 aromatic carbocycles. The van der Waals surface area contributed by atoms with Crippen LogP contribution in [0.15, 0.2) is 67.8 Å². The molecule has 0 spiro atoms. The van der Waals surface area contributed by atoms with Crippen LogP contribution >= 0.6 is 0 Å². The first-order chi connectivity index (χ1) is 13.1. The van der Waals surface area contributed by atoms with E-state index < -0.39 is 0 Å². The lowest BCUT2D eigenvalue weighted by molar-refractivity contribution is 0.104. The minimum Gasteiger partial charge on any atom is -0.496 e. The van der Waals surface area contributed by atoms with Crippen LogP contribution in [0.4, 0.5) is 4.39 Å². The van der Waals surface area contributed by atoms with Crippen molar-refractivity contribution in [2.75, 3.05) is 20.3 Å². The summed E-state index contributed by atoms with van der Waals surface area (Å²) in [5, 5.41) is 0. The summed E-state index contributed by atoms with van der Waals surface area (Å²) >= 11 is 0. The van der Waals surface area contributed by atoms with Gasteiger partial charge < -0.3 is 14.2 Å². The Morgan fingerprint density at radius 1 is 1.04 bits per heavy atom. The number of ether oxygens (including phenoxy) is 3. The average Bonchev–Trinajstić information content (AvgIpc) is 2.69. The van der Waals surface area contributed by atoms with E-state index in [-0.39, 0.29) is 23.8 Å². The van der Waals surface area contributed by atoms with E-state index in [1.165, 1.54) is 25.3 Å². The highest BCUT2D eigenvalue weighted by Crippen LogP contribution is 2.35. The monoisotopic (exact) mass is 368 g/mol. The van der Waals surface area contributed by atoms with Crippen molar-refractivity contribution in [2.24, 2.45) is 0 Å². The predicted octanol–water partition coefficient (Wildman–Crippen LogP) is 4.86. The van der Waals surface area contributed by atoms with E-state index in [0.717, 1.165) is 0 Å². The van der Waals surface area contributed by atoms with Gasteiger partial charge in [0, 0.05) is 12.1 Å². The Labute approximate surface area is 158 Å². The van der Waals surface area contributed by atoms with Gasteiger partial charge in [0.1, 0.15) is 41.8 Å². The van der Waals surface area contributed by atoms with Gasteiger partial charge in [-0.25, -0.2) is 4.39 Å². The molecule has 0 radical (unpaired) electrons. The molecule has 0 aromatic heterocycles. The fourth-order valence-electron chi connectivity index (χ4n) is 2.30. The Kier molecular flexibility index (Phi) is 7.37. The minimum atomic E-state index is -0.338. The number of allylic oxidation sites excluding steroid dienone is 1. The Morgan fingerprint density at radius 3 is 2.30 bits per heavy atom. The van der Waals surface area contributed by atoms with E-state index in [9.17, 15) is 9.18 Å². The zero-order valence-corrected chi connectivity index (χ0v) is 15.1. The van der Waals surface area contributed by atoms with Crippen molar-refractivity contribution in [2.45, 2.75) is 0 Å².